The van der Waals surface area contributed by atoms with Crippen LogP contribution in [0.4, 0.5) is 0 Å². The Kier molecular flexibility index (Phi) is 5.73. The Labute approximate surface area is 172 Å². The Hall–Kier alpha value is -1.67. The second-order valence-electron chi connectivity index (χ2n) is 9.79. The average Bonchev–Trinajstić information content (AvgIpc) is 3.28. The van der Waals surface area contributed by atoms with E-state index in [1.165, 1.54) is 4.90 Å². The Balaban J connectivity index is 2.09. The Morgan fingerprint density at radius 1 is 1.34 bits per heavy atom. The van der Waals surface area contributed by atoms with Gasteiger partial charge in [-0.1, -0.05) is 20.3 Å². The van der Waals surface area contributed by atoms with Crippen LogP contribution in [0.5, 0.6) is 0 Å². The van der Waals surface area contributed by atoms with Crippen molar-refractivity contribution >= 4 is 17.7 Å². The maximum absolute atomic E-state index is 13.7. The lowest BCUT2D eigenvalue weighted by Gasteiger charge is -2.40. The molecule has 3 rings (SSSR count). The monoisotopic (exact) mass is 409 g/mol. The Morgan fingerprint density at radius 3 is 2.52 bits per heavy atom. The van der Waals surface area contributed by atoms with Gasteiger partial charge >= 0.3 is 0 Å². The Bertz CT molecular complexity index is 690. The van der Waals surface area contributed by atoms with Crippen molar-refractivity contribution in [3.8, 4) is 0 Å². The third-order valence-corrected chi connectivity index (χ3v) is 6.88. The first-order valence-corrected chi connectivity index (χ1v) is 10.7. The van der Waals surface area contributed by atoms with Gasteiger partial charge in [-0.15, -0.1) is 0 Å². The van der Waals surface area contributed by atoms with E-state index in [1.807, 2.05) is 34.6 Å². The smallest absolute Gasteiger partial charge is 0.246 e. The molecule has 3 saturated heterocycles. The zero-order valence-electron chi connectivity index (χ0n) is 18.3. The van der Waals surface area contributed by atoms with E-state index in [4.69, 9.17) is 4.74 Å². The third kappa shape index (κ3) is 3.34. The fourth-order valence-electron chi connectivity index (χ4n) is 5.47. The van der Waals surface area contributed by atoms with Crippen LogP contribution >= 0.6 is 0 Å². The molecule has 7 atom stereocenters. The molecule has 3 heterocycles. The topological polar surface area (TPSA) is 108 Å². The van der Waals surface area contributed by atoms with Gasteiger partial charge in [-0.3, -0.25) is 14.4 Å². The van der Waals surface area contributed by atoms with Gasteiger partial charge in [0.05, 0.1) is 30.6 Å². The van der Waals surface area contributed by atoms with Gasteiger partial charge in [0.15, 0.2) is 0 Å². The van der Waals surface area contributed by atoms with Crippen LogP contribution in [-0.4, -0.2) is 70.7 Å². The van der Waals surface area contributed by atoms with Gasteiger partial charge in [0.1, 0.15) is 11.6 Å². The number of amides is 3. The average molecular weight is 410 g/mol. The number of fused-ring (bicyclic) bond motifs is 1. The van der Waals surface area contributed by atoms with Crippen molar-refractivity contribution in [1.82, 2.24) is 15.5 Å². The van der Waals surface area contributed by atoms with Crippen LogP contribution < -0.4 is 10.6 Å². The number of aliphatic hydroxyl groups is 1. The van der Waals surface area contributed by atoms with Crippen LogP contribution in [-0.2, 0) is 19.1 Å². The van der Waals surface area contributed by atoms with E-state index in [9.17, 15) is 19.5 Å². The minimum Gasteiger partial charge on any atom is -0.394 e. The number of nitrogens with one attached hydrogen (secondary N) is 2. The van der Waals surface area contributed by atoms with Gasteiger partial charge in [0, 0.05) is 12.6 Å². The van der Waals surface area contributed by atoms with Crippen molar-refractivity contribution in [1.29, 1.82) is 0 Å². The summed E-state index contributed by atoms with van der Waals surface area (Å²) in [7, 11) is 1.55. The summed E-state index contributed by atoms with van der Waals surface area (Å²) in [5, 5.41) is 15.8. The molecule has 0 radical (unpaired) electrons. The molecule has 0 aromatic heterocycles. The lowest BCUT2D eigenvalue weighted by atomic mass is 9.70. The minimum absolute atomic E-state index is 0.000218. The highest BCUT2D eigenvalue weighted by Gasteiger charge is 2.75. The van der Waals surface area contributed by atoms with E-state index in [0.717, 1.165) is 6.42 Å². The molecule has 3 aliphatic rings. The maximum Gasteiger partial charge on any atom is 0.246 e. The van der Waals surface area contributed by atoms with Crippen LogP contribution in [0.2, 0.25) is 0 Å². The summed E-state index contributed by atoms with van der Waals surface area (Å²) in [4.78, 5) is 41.3. The van der Waals surface area contributed by atoms with Gasteiger partial charge < -0.3 is 25.4 Å². The zero-order valence-corrected chi connectivity index (χ0v) is 18.3. The quantitative estimate of drug-likeness (QED) is 0.590. The van der Waals surface area contributed by atoms with Gasteiger partial charge in [0.25, 0.3) is 0 Å². The molecule has 2 bridgehead atoms. The summed E-state index contributed by atoms with van der Waals surface area (Å²) in [6.45, 7) is 9.38. The summed E-state index contributed by atoms with van der Waals surface area (Å²) in [6.07, 6.45) is 1.59. The zero-order chi connectivity index (χ0) is 21.7. The number of rotatable bonds is 6. The van der Waals surface area contributed by atoms with E-state index in [1.54, 1.807) is 7.05 Å². The molecule has 2 unspecified atom stereocenters. The number of carbonyl (C=O) groups is 3. The van der Waals surface area contributed by atoms with Crippen molar-refractivity contribution in [2.24, 2.45) is 17.8 Å². The summed E-state index contributed by atoms with van der Waals surface area (Å²) in [5.74, 6) is -2.07. The first-order chi connectivity index (χ1) is 13.5. The van der Waals surface area contributed by atoms with Crippen molar-refractivity contribution < 1.29 is 24.2 Å². The van der Waals surface area contributed by atoms with E-state index in [2.05, 4.69) is 10.6 Å². The molecule has 0 saturated carbocycles. The molecule has 0 aromatic rings. The highest BCUT2D eigenvalue weighted by molar-refractivity contribution is 5.99. The number of aliphatic hydroxyl groups excluding tert-OH is 1. The largest absolute Gasteiger partial charge is 0.394 e. The van der Waals surface area contributed by atoms with Crippen LogP contribution in [0.15, 0.2) is 0 Å². The first-order valence-electron chi connectivity index (χ1n) is 10.7. The molecular formula is C21H35N3O5. The SMILES string of the molecule is CC[C@H](C)[C@H](CO)N1C(=O)[C@@H]2[C@H](C(=O)NC)[C@@H]3CCC2(O3)C1C(=O)NC(C)(C)C. The van der Waals surface area contributed by atoms with E-state index in [-0.39, 0.29) is 36.4 Å². The molecule has 29 heavy (non-hydrogen) atoms. The predicted octanol–water partition coefficient (Wildman–Crippen LogP) is 0.429. The van der Waals surface area contributed by atoms with Crippen LogP contribution in [0, 0.1) is 17.8 Å². The first kappa shape index (κ1) is 22.0. The summed E-state index contributed by atoms with van der Waals surface area (Å²) in [6, 6.07) is -1.36. The second-order valence-corrected chi connectivity index (χ2v) is 9.79. The van der Waals surface area contributed by atoms with Crippen LogP contribution in [0.1, 0.15) is 53.9 Å². The fraction of sp³-hybridized carbons (Fsp3) is 0.857. The standard InChI is InChI=1S/C21H35N3O5/c1-7-11(2)12(10-25)24-16(18(27)23-20(3,4)5)21-9-8-13(29-21)14(17(26)22-6)15(21)19(24)28/h11-16,25H,7-10H2,1-6H3,(H,22,26)(H,23,27)/t11-,12-,13-,14+,15-,16?,21?/m0/s1. The molecule has 164 valence electrons. The molecule has 8 heteroatoms. The van der Waals surface area contributed by atoms with Crippen molar-refractivity contribution in [3.63, 3.8) is 0 Å². The Morgan fingerprint density at radius 2 is 2.00 bits per heavy atom. The molecule has 1 spiro atoms. The normalized spacial score (nSPS) is 35.4. The minimum atomic E-state index is -1.02. The predicted molar refractivity (Wildman–Crippen MR) is 107 cm³/mol. The van der Waals surface area contributed by atoms with Crippen LogP contribution in [0.3, 0.4) is 0 Å². The van der Waals surface area contributed by atoms with Crippen molar-refractivity contribution in [3.05, 3.63) is 0 Å². The van der Waals surface area contributed by atoms with Gasteiger partial charge in [0.2, 0.25) is 17.7 Å². The number of nitrogens with zero attached hydrogens (tertiary/aromatic N) is 1. The molecule has 3 amide bonds. The molecule has 3 N–H and O–H groups in total. The summed E-state index contributed by atoms with van der Waals surface area (Å²) < 4.78 is 6.31. The molecule has 0 aliphatic carbocycles. The van der Waals surface area contributed by atoms with E-state index < -0.39 is 35.1 Å². The van der Waals surface area contributed by atoms with Gasteiger partial charge in [-0.05, 0) is 39.5 Å². The number of likely N-dealkylation sites (tertiary alicyclic amines) is 1. The van der Waals surface area contributed by atoms with E-state index in [0.29, 0.717) is 12.8 Å². The van der Waals surface area contributed by atoms with Gasteiger partial charge in [-0.2, -0.15) is 0 Å². The fourth-order valence-corrected chi connectivity index (χ4v) is 5.47. The van der Waals surface area contributed by atoms with Crippen molar-refractivity contribution in [2.75, 3.05) is 13.7 Å². The lowest BCUT2D eigenvalue weighted by Crippen LogP contribution is -2.61. The third-order valence-electron chi connectivity index (χ3n) is 6.88. The number of carbonyl (C=O) groups excluding carboxylic acids is 3. The number of hydrogen-bond acceptors (Lipinski definition) is 5. The highest BCUT2D eigenvalue weighted by Crippen LogP contribution is 2.59. The van der Waals surface area contributed by atoms with E-state index >= 15 is 0 Å². The lowest BCUT2D eigenvalue weighted by molar-refractivity contribution is -0.147. The highest BCUT2D eigenvalue weighted by atomic mass is 16.5. The molecular weight excluding hydrogens is 374 g/mol. The number of ether oxygens (including phenoxy) is 1. The molecule has 3 aliphatic heterocycles. The van der Waals surface area contributed by atoms with Crippen molar-refractivity contribution in [2.45, 2.75) is 83.2 Å². The summed E-state index contributed by atoms with van der Waals surface area (Å²) >= 11 is 0. The number of hydrogen-bond donors (Lipinski definition) is 3. The second kappa shape index (κ2) is 7.54. The molecule has 3 fully saturated rings. The maximum atomic E-state index is 13.7. The summed E-state index contributed by atoms with van der Waals surface area (Å²) in [5.41, 5.74) is -1.50. The molecule has 0 aromatic carbocycles. The van der Waals surface area contributed by atoms with Crippen LogP contribution in [0.25, 0.3) is 0 Å². The molecule has 8 nitrogen and oxygen atoms in total. The van der Waals surface area contributed by atoms with Gasteiger partial charge in [-0.25, -0.2) is 0 Å².